The molecule has 0 atom stereocenters. The number of amides is 1. The van der Waals surface area contributed by atoms with E-state index in [1.54, 1.807) is 17.0 Å². The van der Waals surface area contributed by atoms with Gasteiger partial charge in [-0.2, -0.15) is 0 Å². The van der Waals surface area contributed by atoms with Crippen molar-refractivity contribution in [2.24, 2.45) is 0 Å². The zero-order valence-electron chi connectivity index (χ0n) is 18.1. The quantitative estimate of drug-likeness (QED) is 0.406. The van der Waals surface area contributed by atoms with Crippen molar-refractivity contribution in [2.75, 3.05) is 13.1 Å². The van der Waals surface area contributed by atoms with Gasteiger partial charge in [-0.1, -0.05) is 18.2 Å². The molecule has 0 saturated carbocycles. The van der Waals surface area contributed by atoms with E-state index in [2.05, 4.69) is 10.6 Å². The van der Waals surface area contributed by atoms with E-state index in [0.717, 1.165) is 11.1 Å². The molecule has 0 fully saturated rings. The zero-order chi connectivity index (χ0) is 23.0. The van der Waals surface area contributed by atoms with Gasteiger partial charge in [-0.3, -0.25) is 14.9 Å². The number of rotatable bonds is 5. The molecule has 0 saturated heterocycles. The van der Waals surface area contributed by atoms with Crippen LogP contribution in [0.25, 0.3) is 5.70 Å². The Morgan fingerprint density at radius 1 is 1.22 bits per heavy atom. The van der Waals surface area contributed by atoms with Crippen molar-refractivity contribution in [3.05, 3.63) is 74.8 Å². The Morgan fingerprint density at radius 3 is 2.66 bits per heavy atom. The fourth-order valence-electron chi connectivity index (χ4n) is 4.12. The summed E-state index contributed by atoms with van der Waals surface area (Å²) in [7, 11) is 0. The molecule has 0 unspecified atom stereocenters. The number of ether oxygens (including phenoxy) is 1. The monoisotopic (exact) mass is 452 g/mol. The number of carbonyl (C=O) groups excluding carboxylic acids is 1. The molecular weight excluding hydrogens is 428 g/mol. The molecular formula is C23H24N4O4S. The SMILES string of the molecule is CCNC(=S)NCC1=C(N2Cc3ccccc3C2=O)c2cc([N+](=O)[O-])ccc2OC1(C)C. The number of fused-ring (bicyclic) bond motifs is 2. The third kappa shape index (κ3) is 3.80. The first kappa shape index (κ1) is 21.8. The van der Waals surface area contributed by atoms with Gasteiger partial charge in [0.1, 0.15) is 11.4 Å². The lowest BCUT2D eigenvalue weighted by Gasteiger charge is -2.39. The number of nitro groups is 1. The number of hydrogen-bond donors (Lipinski definition) is 2. The van der Waals surface area contributed by atoms with Gasteiger partial charge in [0.15, 0.2) is 5.11 Å². The predicted molar refractivity (Wildman–Crippen MR) is 125 cm³/mol. The van der Waals surface area contributed by atoms with Crippen LogP contribution in [-0.4, -0.2) is 39.5 Å². The van der Waals surface area contributed by atoms with Gasteiger partial charge < -0.3 is 20.3 Å². The average Bonchev–Trinajstić information content (AvgIpc) is 3.07. The zero-order valence-corrected chi connectivity index (χ0v) is 18.9. The second-order valence-corrected chi connectivity index (χ2v) is 8.55. The van der Waals surface area contributed by atoms with Crippen molar-refractivity contribution >= 4 is 34.6 Å². The van der Waals surface area contributed by atoms with Gasteiger partial charge in [-0.15, -0.1) is 0 Å². The Hall–Kier alpha value is -3.46. The summed E-state index contributed by atoms with van der Waals surface area (Å²) < 4.78 is 6.24. The highest BCUT2D eigenvalue weighted by Gasteiger charge is 2.41. The maximum Gasteiger partial charge on any atom is 0.270 e. The molecule has 1 amide bonds. The van der Waals surface area contributed by atoms with E-state index < -0.39 is 10.5 Å². The summed E-state index contributed by atoms with van der Waals surface area (Å²) in [5, 5.41) is 18.2. The Labute approximate surface area is 191 Å². The molecule has 2 N–H and O–H groups in total. The van der Waals surface area contributed by atoms with Gasteiger partial charge in [0, 0.05) is 41.9 Å². The normalized spacial score (nSPS) is 16.2. The number of hydrogen-bond acceptors (Lipinski definition) is 5. The highest BCUT2D eigenvalue weighted by Crippen LogP contribution is 2.45. The van der Waals surface area contributed by atoms with Gasteiger partial charge in [0.2, 0.25) is 0 Å². The molecule has 2 aliphatic rings. The van der Waals surface area contributed by atoms with E-state index in [-0.39, 0.29) is 11.6 Å². The van der Waals surface area contributed by atoms with Crippen molar-refractivity contribution in [1.29, 1.82) is 0 Å². The molecule has 2 heterocycles. The highest BCUT2D eigenvalue weighted by molar-refractivity contribution is 7.80. The minimum atomic E-state index is -0.775. The van der Waals surface area contributed by atoms with Crippen LogP contribution in [0, 0.1) is 10.1 Å². The van der Waals surface area contributed by atoms with E-state index in [0.29, 0.717) is 47.3 Å². The van der Waals surface area contributed by atoms with Crippen molar-refractivity contribution in [3.8, 4) is 5.75 Å². The minimum Gasteiger partial charge on any atom is -0.483 e. The first-order valence-corrected chi connectivity index (χ1v) is 10.8. The smallest absolute Gasteiger partial charge is 0.270 e. The van der Waals surface area contributed by atoms with Crippen molar-refractivity contribution in [2.45, 2.75) is 32.9 Å². The fraction of sp³-hybridized carbons (Fsp3) is 0.304. The number of benzene rings is 2. The molecule has 0 spiro atoms. The maximum absolute atomic E-state index is 13.4. The Kier molecular flexibility index (Phi) is 5.60. The number of carbonyl (C=O) groups is 1. The summed E-state index contributed by atoms with van der Waals surface area (Å²) in [4.78, 5) is 26.1. The second-order valence-electron chi connectivity index (χ2n) is 8.14. The lowest BCUT2D eigenvalue weighted by atomic mass is 9.88. The molecule has 9 heteroatoms. The molecule has 4 rings (SSSR count). The summed E-state index contributed by atoms with van der Waals surface area (Å²) >= 11 is 5.33. The number of nitrogens with one attached hydrogen (secondary N) is 2. The molecule has 8 nitrogen and oxygen atoms in total. The summed E-state index contributed by atoms with van der Waals surface area (Å²) in [6.07, 6.45) is 0. The molecule has 0 bridgehead atoms. The third-order valence-electron chi connectivity index (χ3n) is 5.66. The number of non-ortho nitro benzene ring substituents is 1. The van der Waals surface area contributed by atoms with Gasteiger partial charge in [0.05, 0.1) is 17.2 Å². The molecule has 166 valence electrons. The molecule has 0 aliphatic carbocycles. The average molecular weight is 453 g/mol. The Balaban J connectivity index is 1.88. The van der Waals surface area contributed by atoms with Gasteiger partial charge in [-0.25, -0.2) is 0 Å². The van der Waals surface area contributed by atoms with E-state index in [1.165, 1.54) is 12.1 Å². The number of nitro benzene ring substituents is 1. The molecule has 0 aromatic heterocycles. The standard InChI is InChI=1S/C23H24N4O4S/c1-4-24-22(32)25-12-18-20(26-13-14-7-5-6-8-16(14)21(26)28)17-11-15(27(29)30)9-10-19(17)31-23(18,2)3/h5-11H,4,12-13H2,1-3H3,(H2,24,25,32). The first-order valence-electron chi connectivity index (χ1n) is 10.4. The van der Waals surface area contributed by atoms with Gasteiger partial charge >= 0.3 is 0 Å². The van der Waals surface area contributed by atoms with Crippen LogP contribution in [0.3, 0.4) is 0 Å². The van der Waals surface area contributed by atoms with Crippen LogP contribution < -0.4 is 15.4 Å². The fourth-order valence-corrected chi connectivity index (χ4v) is 4.34. The predicted octanol–water partition coefficient (Wildman–Crippen LogP) is 3.62. The highest BCUT2D eigenvalue weighted by atomic mass is 32.1. The van der Waals surface area contributed by atoms with Gasteiger partial charge in [0.25, 0.3) is 11.6 Å². The Morgan fingerprint density at radius 2 is 1.97 bits per heavy atom. The minimum absolute atomic E-state index is 0.0656. The third-order valence-corrected chi connectivity index (χ3v) is 5.95. The Bertz CT molecular complexity index is 1160. The summed E-state index contributed by atoms with van der Waals surface area (Å²) in [6.45, 7) is 7.14. The second kappa shape index (κ2) is 8.23. The summed E-state index contributed by atoms with van der Waals surface area (Å²) in [6, 6.07) is 11.9. The lowest BCUT2D eigenvalue weighted by Crippen LogP contribution is -2.45. The first-order chi connectivity index (χ1) is 15.2. The lowest BCUT2D eigenvalue weighted by molar-refractivity contribution is -0.384. The number of nitrogens with zero attached hydrogens (tertiary/aromatic N) is 2. The van der Waals surface area contributed by atoms with Crippen LogP contribution >= 0.6 is 12.2 Å². The summed E-state index contributed by atoms with van der Waals surface area (Å²) in [5.74, 6) is 0.356. The van der Waals surface area contributed by atoms with Crippen LogP contribution in [0.15, 0.2) is 48.0 Å². The molecule has 2 aromatic rings. The largest absolute Gasteiger partial charge is 0.483 e. The van der Waals surface area contributed by atoms with E-state index in [9.17, 15) is 14.9 Å². The van der Waals surface area contributed by atoms with Crippen LogP contribution in [0.4, 0.5) is 5.69 Å². The molecule has 2 aromatic carbocycles. The molecule has 0 radical (unpaired) electrons. The van der Waals surface area contributed by atoms with Crippen molar-refractivity contribution in [1.82, 2.24) is 15.5 Å². The van der Waals surface area contributed by atoms with E-state index in [4.69, 9.17) is 17.0 Å². The van der Waals surface area contributed by atoms with Crippen LogP contribution in [0.5, 0.6) is 5.75 Å². The van der Waals surface area contributed by atoms with E-state index in [1.807, 2.05) is 39.0 Å². The van der Waals surface area contributed by atoms with Crippen molar-refractivity contribution < 1.29 is 14.5 Å². The van der Waals surface area contributed by atoms with Crippen LogP contribution in [0.1, 0.15) is 42.3 Å². The maximum atomic E-state index is 13.4. The van der Waals surface area contributed by atoms with Gasteiger partial charge in [-0.05, 0) is 50.7 Å². The summed E-state index contributed by atoms with van der Waals surface area (Å²) in [5.41, 5.74) is 2.63. The van der Waals surface area contributed by atoms with E-state index >= 15 is 0 Å². The molecule has 32 heavy (non-hydrogen) atoms. The van der Waals surface area contributed by atoms with Crippen molar-refractivity contribution in [3.63, 3.8) is 0 Å². The molecule has 2 aliphatic heterocycles. The topological polar surface area (TPSA) is 96.7 Å². The van der Waals surface area contributed by atoms with Crippen LogP contribution in [-0.2, 0) is 6.54 Å². The number of thiocarbonyl (C=S) groups is 1. The van der Waals surface area contributed by atoms with Crippen LogP contribution in [0.2, 0.25) is 0 Å².